The van der Waals surface area contributed by atoms with Gasteiger partial charge in [-0.05, 0) is 25.0 Å². The number of pyridine rings is 1. The molecule has 1 aromatic carbocycles. The second kappa shape index (κ2) is 12.7. The maximum atomic E-state index is 5.05. The molecule has 5 nitrogen and oxygen atoms in total. The van der Waals surface area contributed by atoms with Gasteiger partial charge >= 0.3 is 0 Å². The van der Waals surface area contributed by atoms with E-state index in [9.17, 15) is 0 Å². The van der Waals surface area contributed by atoms with E-state index in [4.69, 9.17) is 9.97 Å². The lowest BCUT2D eigenvalue weighted by Gasteiger charge is -2.13. The highest BCUT2D eigenvalue weighted by molar-refractivity contribution is 6.07. The summed E-state index contributed by atoms with van der Waals surface area (Å²) >= 11 is 0. The van der Waals surface area contributed by atoms with Gasteiger partial charge in [-0.15, -0.1) is 0 Å². The Morgan fingerprint density at radius 2 is 1.94 bits per heavy atom. The highest BCUT2D eigenvalue weighted by Gasteiger charge is 2.18. The zero-order valence-corrected chi connectivity index (χ0v) is 19.7. The molecular formula is C26H37N5. The molecule has 0 aliphatic rings. The number of allylic oxidation sites excluding steroid dienone is 5. The smallest absolute Gasteiger partial charge is 0.169 e. The fourth-order valence-corrected chi connectivity index (χ4v) is 3.45. The Bertz CT molecular complexity index is 1040. The quantitative estimate of drug-likeness (QED) is 0.288. The first-order valence-electron chi connectivity index (χ1n) is 11.4. The largest absolute Gasteiger partial charge is 0.323 e. The highest BCUT2D eigenvalue weighted by atomic mass is 15.4. The fraction of sp³-hybridized carbons (Fsp3) is 0.385. The van der Waals surface area contributed by atoms with E-state index in [0.717, 1.165) is 65.9 Å². The zero-order chi connectivity index (χ0) is 22.6. The summed E-state index contributed by atoms with van der Waals surface area (Å²) in [6.45, 7) is 15.7. The molecule has 5 heteroatoms. The summed E-state index contributed by atoms with van der Waals surface area (Å²) in [5, 5.41) is 1.13. The number of imidazole rings is 1. The van der Waals surface area contributed by atoms with E-state index >= 15 is 0 Å². The molecule has 3 rings (SSSR count). The van der Waals surface area contributed by atoms with Gasteiger partial charge in [-0.1, -0.05) is 83.2 Å². The summed E-state index contributed by atoms with van der Waals surface area (Å²) in [5.74, 6) is 1.88. The third-order valence-electron chi connectivity index (χ3n) is 4.96. The van der Waals surface area contributed by atoms with Crippen molar-refractivity contribution in [3.63, 3.8) is 0 Å². The van der Waals surface area contributed by atoms with Crippen LogP contribution in [0.3, 0.4) is 0 Å². The van der Waals surface area contributed by atoms with Crippen molar-refractivity contribution in [1.82, 2.24) is 20.0 Å². The molecule has 0 radical (unpaired) electrons. The van der Waals surface area contributed by atoms with Gasteiger partial charge in [0.1, 0.15) is 11.3 Å². The van der Waals surface area contributed by atoms with Gasteiger partial charge in [-0.2, -0.15) is 0 Å². The van der Waals surface area contributed by atoms with Crippen molar-refractivity contribution in [1.29, 1.82) is 0 Å². The van der Waals surface area contributed by atoms with Crippen LogP contribution in [-0.4, -0.2) is 21.1 Å². The molecule has 0 aliphatic carbocycles. The van der Waals surface area contributed by atoms with Gasteiger partial charge in [0.05, 0.1) is 11.0 Å². The Morgan fingerprint density at radius 3 is 2.61 bits per heavy atom. The number of fused-ring (bicyclic) bond motifs is 3. The summed E-state index contributed by atoms with van der Waals surface area (Å²) in [5.41, 5.74) is 10.7. The molecule has 31 heavy (non-hydrogen) atoms. The van der Waals surface area contributed by atoms with Gasteiger partial charge in [0, 0.05) is 24.9 Å². The first-order chi connectivity index (χ1) is 15.2. The molecule has 0 saturated carbocycles. The molecule has 0 unspecified atom stereocenters. The first-order valence-corrected chi connectivity index (χ1v) is 11.4. The number of aryl methyl sites for hydroxylation is 1. The normalized spacial score (nSPS) is 11.7. The number of rotatable bonds is 10. The summed E-state index contributed by atoms with van der Waals surface area (Å²) in [6, 6.07) is 8.29. The van der Waals surface area contributed by atoms with Crippen molar-refractivity contribution in [2.45, 2.75) is 60.4 Å². The Balaban J connectivity index is 0.00000166. The number of nitrogens with zero attached hydrogens (tertiary/aromatic N) is 3. The third kappa shape index (κ3) is 5.82. The van der Waals surface area contributed by atoms with Gasteiger partial charge in [-0.25, -0.2) is 15.4 Å². The van der Waals surface area contributed by atoms with Crippen molar-refractivity contribution in [3.8, 4) is 0 Å². The molecule has 0 aliphatic heterocycles. The van der Waals surface area contributed by atoms with Gasteiger partial charge in [0.15, 0.2) is 5.82 Å². The van der Waals surface area contributed by atoms with E-state index in [0.29, 0.717) is 0 Å². The van der Waals surface area contributed by atoms with Crippen LogP contribution in [0.4, 0.5) is 5.82 Å². The maximum Gasteiger partial charge on any atom is 0.169 e. The minimum atomic E-state index is 0.769. The van der Waals surface area contributed by atoms with Crippen molar-refractivity contribution in [2.24, 2.45) is 0 Å². The number of hydrogen-bond acceptors (Lipinski definition) is 4. The summed E-state index contributed by atoms with van der Waals surface area (Å²) < 4.78 is 2.36. The monoisotopic (exact) mass is 419 g/mol. The second-order valence-corrected chi connectivity index (χ2v) is 7.01. The van der Waals surface area contributed by atoms with Crippen molar-refractivity contribution < 1.29 is 0 Å². The average molecular weight is 420 g/mol. The average Bonchev–Trinajstić information content (AvgIpc) is 3.18. The van der Waals surface area contributed by atoms with E-state index in [-0.39, 0.29) is 0 Å². The van der Waals surface area contributed by atoms with Crippen LogP contribution < -0.4 is 10.9 Å². The highest BCUT2D eigenvalue weighted by Crippen LogP contribution is 2.31. The van der Waals surface area contributed by atoms with Crippen LogP contribution in [0.5, 0.6) is 0 Å². The van der Waals surface area contributed by atoms with Crippen LogP contribution in [0.2, 0.25) is 0 Å². The lowest BCUT2D eigenvalue weighted by Crippen LogP contribution is -2.21. The SMILES string of the molecule is C=C/C=C\C(=C/C)Cn1c(CCCC)nc2c(NNCC)nc3ccccc3c21.CC. The van der Waals surface area contributed by atoms with Gasteiger partial charge in [0.25, 0.3) is 0 Å². The first kappa shape index (κ1) is 24.4. The molecule has 166 valence electrons. The number of nitrogens with one attached hydrogen (secondary N) is 2. The fourth-order valence-electron chi connectivity index (χ4n) is 3.45. The summed E-state index contributed by atoms with van der Waals surface area (Å²) in [4.78, 5) is 9.88. The predicted molar refractivity (Wildman–Crippen MR) is 135 cm³/mol. The Labute approximate surface area is 186 Å². The van der Waals surface area contributed by atoms with Crippen LogP contribution in [0.25, 0.3) is 21.9 Å². The minimum Gasteiger partial charge on any atom is -0.323 e. The van der Waals surface area contributed by atoms with Crippen LogP contribution in [0, 0.1) is 0 Å². The Hall–Kier alpha value is -2.92. The van der Waals surface area contributed by atoms with E-state index in [1.54, 1.807) is 0 Å². The van der Waals surface area contributed by atoms with Crippen molar-refractivity contribution in [3.05, 3.63) is 66.5 Å². The van der Waals surface area contributed by atoms with Gasteiger partial charge in [0.2, 0.25) is 0 Å². The lowest BCUT2D eigenvalue weighted by molar-refractivity contribution is 0.690. The van der Waals surface area contributed by atoms with E-state index < -0.39 is 0 Å². The molecule has 2 heterocycles. The molecule has 3 aromatic rings. The molecule has 0 spiro atoms. The van der Waals surface area contributed by atoms with Crippen molar-refractivity contribution in [2.75, 3.05) is 12.0 Å². The third-order valence-corrected chi connectivity index (χ3v) is 4.96. The topological polar surface area (TPSA) is 54.8 Å². The maximum absolute atomic E-state index is 5.05. The minimum absolute atomic E-state index is 0.769. The number of benzene rings is 1. The molecule has 0 saturated heterocycles. The van der Waals surface area contributed by atoms with Crippen LogP contribution in [0.1, 0.15) is 53.3 Å². The molecular weight excluding hydrogens is 382 g/mol. The Morgan fingerprint density at radius 1 is 1.16 bits per heavy atom. The van der Waals surface area contributed by atoms with Crippen LogP contribution >= 0.6 is 0 Å². The number of anilines is 1. The molecule has 2 N–H and O–H groups in total. The number of hydrazine groups is 1. The van der Waals surface area contributed by atoms with Gasteiger partial charge in [-0.3, -0.25) is 0 Å². The predicted octanol–water partition coefficient (Wildman–Crippen LogP) is 6.58. The van der Waals surface area contributed by atoms with Crippen molar-refractivity contribution >= 4 is 27.8 Å². The van der Waals surface area contributed by atoms with Crippen LogP contribution in [-0.2, 0) is 13.0 Å². The van der Waals surface area contributed by atoms with E-state index in [1.165, 1.54) is 5.57 Å². The lowest BCUT2D eigenvalue weighted by atomic mass is 10.1. The van der Waals surface area contributed by atoms with Crippen LogP contribution in [0.15, 0.2) is 60.7 Å². The number of hydrogen-bond donors (Lipinski definition) is 2. The second-order valence-electron chi connectivity index (χ2n) is 7.01. The van der Waals surface area contributed by atoms with Gasteiger partial charge < -0.3 is 9.99 Å². The Kier molecular flexibility index (Phi) is 9.98. The summed E-state index contributed by atoms with van der Waals surface area (Å²) in [7, 11) is 0. The summed E-state index contributed by atoms with van der Waals surface area (Å²) in [6.07, 6.45) is 11.3. The van der Waals surface area contributed by atoms with E-state index in [2.05, 4.69) is 73.1 Å². The molecule has 2 aromatic heterocycles. The molecule has 0 atom stereocenters. The van der Waals surface area contributed by atoms with E-state index in [1.807, 2.05) is 32.1 Å². The number of para-hydroxylation sites is 1. The number of unbranched alkanes of at least 4 members (excludes halogenated alkanes) is 1. The molecule has 0 amide bonds. The molecule has 0 bridgehead atoms. The molecule has 0 fully saturated rings. The number of aromatic nitrogens is 3. The zero-order valence-electron chi connectivity index (χ0n) is 19.7. The standard InChI is InChI=1S/C24H31N5.C2H6/c1-5-9-13-18(7-3)17-29-21(16-10-6-2)27-22-23(29)19-14-11-12-15-20(19)26-24(22)28-25-8-4;1-2/h5,7,9,11-15,25H,1,6,8,10,16-17H2,2-4H3,(H,26,28);1-2H3/b13-9-,18-7+;.